The molecule has 5 heteroatoms. The number of benzene rings is 2. The Hall–Kier alpha value is -2.66. The Kier molecular flexibility index (Phi) is 4.91. The number of hydrogen-bond donors (Lipinski definition) is 1. The van der Waals surface area contributed by atoms with E-state index in [-0.39, 0.29) is 4.87 Å². The number of hydrogen-bond acceptors (Lipinski definition) is 3. The molecular weight excluding hydrogens is 322 g/mol. The van der Waals surface area contributed by atoms with Gasteiger partial charge < -0.3 is 5.11 Å². The Bertz CT molecular complexity index is 935. The van der Waals surface area contributed by atoms with Crippen LogP contribution >= 0.6 is 11.3 Å². The van der Waals surface area contributed by atoms with Crippen LogP contribution in [0.4, 0.5) is 0 Å². The van der Waals surface area contributed by atoms with Gasteiger partial charge in [-0.25, -0.2) is 4.79 Å². The van der Waals surface area contributed by atoms with Crippen LogP contribution < -0.4 is 4.87 Å². The number of rotatable bonds is 6. The lowest BCUT2D eigenvalue weighted by Crippen LogP contribution is -2.13. The van der Waals surface area contributed by atoms with Crippen molar-refractivity contribution in [3.05, 3.63) is 75.4 Å². The van der Waals surface area contributed by atoms with Crippen molar-refractivity contribution in [2.45, 2.75) is 19.4 Å². The summed E-state index contributed by atoms with van der Waals surface area (Å²) in [4.78, 5) is 22.7. The van der Waals surface area contributed by atoms with Crippen LogP contribution in [0.5, 0.6) is 0 Å². The summed E-state index contributed by atoms with van der Waals surface area (Å²) < 4.78 is 2.86. The third-order valence-corrected chi connectivity index (χ3v) is 4.78. The van der Waals surface area contributed by atoms with Gasteiger partial charge in [0.1, 0.15) is 0 Å². The average molecular weight is 339 g/mol. The molecule has 0 aliphatic rings. The number of para-hydroxylation sites is 1. The largest absolute Gasteiger partial charge is 0.478 e. The van der Waals surface area contributed by atoms with Crippen LogP contribution in [0.1, 0.15) is 17.5 Å². The molecule has 0 atom stereocenters. The minimum atomic E-state index is -0.951. The summed E-state index contributed by atoms with van der Waals surface area (Å²) in [6.07, 6.45) is 4.46. The molecule has 24 heavy (non-hydrogen) atoms. The van der Waals surface area contributed by atoms with E-state index in [9.17, 15) is 9.59 Å². The Balaban J connectivity index is 1.63. The molecule has 122 valence electrons. The fourth-order valence-electron chi connectivity index (χ4n) is 2.63. The zero-order chi connectivity index (χ0) is 16.9. The van der Waals surface area contributed by atoms with Crippen LogP contribution in [0.15, 0.2) is 59.4 Å². The van der Waals surface area contributed by atoms with E-state index >= 15 is 0 Å². The molecule has 0 unspecified atom stereocenters. The first kappa shape index (κ1) is 16.2. The van der Waals surface area contributed by atoms with Gasteiger partial charge in [0.25, 0.3) is 0 Å². The van der Waals surface area contributed by atoms with E-state index in [0.29, 0.717) is 6.54 Å². The highest BCUT2D eigenvalue weighted by Crippen LogP contribution is 2.17. The number of aliphatic carboxylic acids is 1. The van der Waals surface area contributed by atoms with Gasteiger partial charge >= 0.3 is 10.8 Å². The molecule has 0 fully saturated rings. The van der Waals surface area contributed by atoms with Crippen LogP contribution in [0.25, 0.3) is 16.3 Å². The second-order valence-corrected chi connectivity index (χ2v) is 6.50. The van der Waals surface area contributed by atoms with Crippen LogP contribution in [0.2, 0.25) is 0 Å². The zero-order valence-corrected chi connectivity index (χ0v) is 13.8. The Morgan fingerprint density at radius 1 is 1.12 bits per heavy atom. The number of carbonyl (C=O) groups is 1. The van der Waals surface area contributed by atoms with E-state index in [4.69, 9.17) is 5.11 Å². The molecule has 1 heterocycles. The van der Waals surface area contributed by atoms with E-state index in [1.807, 2.05) is 53.1 Å². The second-order valence-electron chi connectivity index (χ2n) is 5.50. The molecule has 1 aromatic heterocycles. The highest BCUT2D eigenvalue weighted by atomic mass is 32.1. The molecular formula is C19H17NO3S. The first-order valence-electron chi connectivity index (χ1n) is 7.72. The highest BCUT2D eigenvalue weighted by molar-refractivity contribution is 7.16. The molecule has 2 aromatic carbocycles. The fraction of sp³-hybridized carbons (Fsp3) is 0.158. The molecule has 0 aliphatic heterocycles. The maximum atomic E-state index is 12.1. The van der Waals surface area contributed by atoms with Gasteiger partial charge in [0.2, 0.25) is 0 Å². The van der Waals surface area contributed by atoms with Gasteiger partial charge in [-0.3, -0.25) is 9.36 Å². The van der Waals surface area contributed by atoms with Gasteiger partial charge in [-0.05, 0) is 42.2 Å². The quantitative estimate of drug-likeness (QED) is 0.695. The molecule has 4 nitrogen and oxygen atoms in total. The van der Waals surface area contributed by atoms with E-state index < -0.39 is 5.97 Å². The SMILES string of the molecule is O=C(O)C=Cc1ccc(CCCn2c(=O)sc3ccccc32)cc1. The molecule has 0 radical (unpaired) electrons. The number of thiazole rings is 1. The van der Waals surface area contributed by atoms with Crippen molar-refractivity contribution in [3.8, 4) is 0 Å². The number of aromatic nitrogens is 1. The minimum Gasteiger partial charge on any atom is -0.478 e. The van der Waals surface area contributed by atoms with E-state index in [2.05, 4.69) is 0 Å². The molecule has 0 saturated carbocycles. The van der Waals surface area contributed by atoms with Crippen molar-refractivity contribution in [1.82, 2.24) is 4.57 Å². The Morgan fingerprint density at radius 3 is 2.62 bits per heavy atom. The second kappa shape index (κ2) is 7.27. The predicted molar refractivity (Wildman–Crippen MR) is 97.5 cm³/mol. The number of carboxylic acids is 1. The number of nitrogens with zero attached hydrogens (tertiary/aromatic N) is 1. The van der Waals surface area contributed by atoms with Crippen LogP contribution in [-0.4, -0.2) is 15.6 Å². The molecule has 1 N–H and O–H groups in total. The molecule has 3 rings (SSSR count). The fourth-order valence-corrected chi connectivity index (χ4v) is 3.55. The molecule has 0 saturated heterocycles. The average Bonchev–Trinajstić information content (AvgIpc) is 2.90. The highest BCUT2D eigenvalue weighted by Gasteiger charge is 2.06. The molecule has 3 aromatic rings. The van der Waals surface area contributed by atoms with E-state index in [1.165, 1.54) is 16.9 Å². The van der Waals surface area contributed by atoms with Crippen molar-refractivity contribution in [1.29, 1.82) is 0 Å². The summed E-state index contributed by atoms with van der Waals surface area (Å²) in [5.41, 5.74) is 3.04. The van der Waals surface area contributed by atoms with Gasteiger partial charge in [-0.2, -0.15) is 0 Å². The third kappa shape index (κ3) is 3.81. The van der Waals surface area contributed by atoms with E-state index in [0.717, 1.165) is 34.7 Å². The van der Waals surface area contributed by atoms with Gasteiger partial charge in [-0.15, -0.1) is 0 Å². The van der Waals surface area contributed by atoms with Crippen LogP contribution in [0.3, 0.4) is 0 Å². The summed E-state index contributed by atoms with van der Waals surface area (Å²) in [6, 6.07) is 15.7. The number of fused-ring (bicyclic) bond motifs is 1. The maximum absolute atomic E-state index is 12.1. The van der Waals surface area contributed by atoms with Crippen molar-refractivity contribution in [2.75, 3.05) is 0 Å². The molecule has 0 spiro atoms. The van der Waals surface area contributed by atoms with Crippen LogP contribution in [0, 0.1) is 0 Å². The molecule has 0 amide bonds. The van der Waals surface area contributed by atoms with Gasteiger partial charge in [0, 0.05) is 12.6 Å². The summed E-state index contributed by atoms with van der Waals surface area (Å²) in [5.74, 6) is -0.951. The number of carboxylic acid groups (broad SMARTS) is 1. The lowest BCUT2D eigenvalue weighted by molar-refractivity contribution is -0.131. The minimum absolute atomic E-state index is 0.0883. The lowest BCUT2D eigenvalue weighted by Gasteiger charge is -2.05. The first-order valence-corrected chi connectivity index (χ1v) is 8.53. The normalized spacial score (nSPS) is 11.3. The van der Waals surface area contributed by atoms with Crippen LogP contribution in [-0.2, 0) is 17.8 Å². The Morgan fingerprint density at radius 2 is 1.88 bits per heavy atom. The van der Waals surface area contributed by atoms with Crippen molar-refractivity contribution in [3.63, 3.8) is 0 Å². The molecule has 0 bridgehead atoms. The third-order valence-electron chi connectivity index (χ3n) is 3.82. The summed E-state index contributed by atoms with van der Waals surface area (Å²) in [6.45, 7) is 0.698. The number of aryl methyl sites for hydroxylation is 2. The summed E-state index contributed by atoms with van der Waals surface area (Å²) in [7, 11) is 0. The van der Waals surface area contributed by atoms with E-state index in [1.54, 1.807) is 6.08 Å². The maximum Gasteiger partial charge on any atom is 0.328 e. The lowest BCUT2D eigenvalue weighted by atomic mass is 10.1. The van der Waals surface area contributed by atoms with Gasteiger partial charge in [-0.1, -0.05) is 47.7 Å². The topological polar surface area (TPSA) is 59.3 Å². The summed E-state index contributed by atoms with van der Waals surface area (Å²) >= 11 is 1.29. The smallest absolute Gasteiger partial charge is 0.328 e. The van der Waals surface area contributed by atoms with Crippen molar-refractivity contribution >= 4 is 33.6 Å². The van der Waals surface area contributed by atoms with Gasteiger partial charge in [0.15, 0.2) is 0 Å². The summed E-state index contributed by atoms with van der Waals surface area (Å²) in [5, 5.41) is 8.62. The standard InChI is InChI=1S/C19H17NO3S/c21-18(22)12-11-15-9-7-14(8-10-15)4-3-13-20-16-5-1-2-6-17(16)24-19(20)23/h1-2,5-12H,3-4,13H2,(H,21,22). The monoisotopic (exact) mass is 339 g/mol. The van der Waals surface area contributed by atoms with Crippen molar-refractivity contribution < 1.29 is 9.90 Å². The predicted octanol–water partition coefficient (Wildman–Crippen LogP) is 3.79. The van der Waals surface area contributed by atoms with Crippen molar-refractivity contribution in [2.24, 2.45) is 0 Å². The zero-order valence-electron chi connectivity index (χ0n) is 13.0. The molecule has 0 aliphatic carbocycles. The first-order chi connectivity index (χ1) is 11.6. The van der Waals surface area contributed by atoms with Gasteiger partial charge in [0.05, 0.1) is 10.2 Å². The Labute approximate surface area is 143 Å².